The topological polar surface area (TPSA) is 313 Å². The third kappa shape index (κ3) is 9.07. The number of aliphatic hydroxyl groups is 10. The number of carbonyl (C=O) groups is 2. The number of hydrogen-bond donors (Lipinski definition) is 11. The molecule has 27 unspecified atom stereocenters. The van der Waals surface area contributed by atoms with Crippen molar-refractivity contribution >= 4 is 11.9 Å². The molecule has 9 rings (SSSR count). The Balaban J connectivity index is 0.858. The molecule has 20 heteroatoms. The van der Waals surface area contributed by atoms with Crippen LogP contribution in [-0.4, -0.2) is 193 Å². The Morgan fingerprint density at radius 1 is 0.703 bits per heavy atom. The summed E-state index contributed by atoms with van der Waals surface area (Å²) in [7, 11) is 0. The molecule has 4 aliphatic heterocycles. The number of esters is 1. The van der Waals surface area contributed by atoms with E-state index in [2.05, 4.69) is 46.0 Å². The first kappa shape index (κ1) is 56.5. The first-order valence-electron chi connectivity index (χ1n) is 27.2. The maximum absolute atomic E-state index is 13.1. The predicted octanol–water partition coefficient (Wildman–Crippen LogP) is 0.464. The molecule has 5 saturated carbocycles. The van der Waals surface area contributed by atoms with Gasteiger partial charge in [0, 0.05) is 11.5 Å². The van der Waals surface area contributed by atoms with Gasteiger partial charge in [0.05, 0.1) is 25.9 Å². The Morgan fingerprint density at radius 3 is 1.95 bits per heavy atom. The van der Waals surface area contributed by atoms with E-state index in [-0.39, 0.29) is 45.5 Å². The summed E-state index contributed by atoms with van der Waals surface area (Å²) in [5.41, 5.74) is 0.713. The minimum atomic E-state index is -1.89. The first-order chi connectivity index (χ1) is 34.8. The van der Waals surface area contributed by atoms with Crippen molar-refractivity contribution in [2.75, 3.05) is 19.8 Å². The highest BCUT2D eigenvalue weighted by molar-refractivity contribution is 5.96. The van der Waals surface area contributed by atoms with Crippen LogP contribution in [0.1, 0.15) is 113 Å². The van der Waals surface area contributed by atoms with Crippen molar-refractivity contribution in [3.8, 4) is 0 Å². The van der Waals surface area contributed by atoms with Crippen LogP contribution in [0.5, 0.6) is 0 Å². The van der Waals surface area contributed by atoms with Crippen molar-refractivity contribution < 1.29 is 93.8 Å². The van der Waals surface area contributed by atoms with Crippen molar-refractivity contribution in [2.24, 2.45) is 56.7 Å². The number of hydrogen-bond acceptors (Lipinski definition) is 19. The van der Waals surface area contributed by atoms with Crippen LogP contribution in [-0.2, 0) is 42.7 Å². The number of nitrogens with one attached hydrogen (secondary N) is 1. The van der Waals surface area contributed by atoms with Crippen LogP contribution in [0.4, 0.5) is 0 Å². The summed E-state index contributed by atoms with van der Waals surface area (Å²) in [6, 6.07) is -0.653. The molecule has 27 atom stereocenters. The van der Waals surface area contributed by atoms with E-state index in [9.17, 15) is 60.7 Å². The lowest BCUT2D eigenvalue weighted by atomic mass is 9.42. The minimum absolute atomic E-state index is 0.107. The second kappa shape index (κ2) is 20.8. The van der Waals surface area contributed by atoms with Crippen LogP contribution in [0, 0.1) is 56.7 Å². The molecule has 0 aromatic carbocycles. The number of allylic oxidation sites excluding steroid dienone is 3. The van der Waals surface area contributed by atoms with Crippen LogP contribution in [0.2, 0.25) is 0 Å². The van der Waals surface area contributed by atoms with Gasteiger partial charge in [0.2, 0.25) is 5.91 Å². The highest BCUT2D eigenvalue weighted by Gasteiger charge is 2.82. The second-order valence-electron chi connectivity index (χ2n) is 25.0. The number of fused-ring (bicyclic) bond motifs is 2. The summed E-state index contributed by atoms with van der Waals surface area (Å²) in [6.07, 6.45) is -9.49. The summed E-state index contributed by atoms with van der Waals surface area (Å²) in [5, 5.41) is 109. The van der Waals surface area contributed by atoms with Crippen molar-refractivity contribution in [2.45, 2.75) is 224 Å². The second-order valence-corrected chi connectivity index (χ2v) is 25.0. The lowest BCUT2D eigenvalue weighted by molar-refractivity contribution is -0.380. The number of ether oxygens (including phenoxy) is 7. The summed E-state index contributed by atoms with van der Waals surface area (Å²) in [4.78, 5) is 25.4. The molecule has 9 aliphatic rings. The quantitative estimate of drug-likeness (QED) is 0.0488. The smallest absolute Gasteiger partial charge is 0.329 e. The van der Waals surface area contributed by atoms with Crippen LogP contribution < -0.4 is 5.32 Å². The molecular weight excluding hydrogens is 967 g/mol. The normalized spacial score (nSPS) is 52.4. The Labute approximate surface area is 433 Å². The zero-order chi connectivity index (χ0) is 53.8. The van der Waals surface area contributed by atoms with Gasteiger partial charge in [0.25, 0.3) is 0 Å². The molecule has 0 aromatic rings. The number of cyclic esters (lactones) is 1. The molecule has 1 amide bonds. The Hall–Kier alpha value is -2.22. The zero-order valence-electron chi connectivity index (χ0n) is 44.1. The molecule has 0 radical (unpaired) electrons. The van der Waals surface area contributed by atoms with Gasteiger partial charge in [-0.1, -0.05) is 59.8 Å². The molecule has 0 aromatic heterocycles. The fourth-order valence-electron chi connectivity index (χ4n) is 16.5. The average molecular weight is 1050 g/mol. The van der Waals surface area contributed by atoms with Gasteiger partial charge in [-0.25, -0.2) is 4.79 Å². The standard InChI is InChI=1S/C54H85NO19/c1-24(10-9-11-25(2)45(66)55-35-26(3)27(4)69-46(35)67)28-14-16-52(8)33-13-12-32-50(5,6)34(15-17-53(32)23-54(33,53)19-18-51(28,52)7)73-49-44(41(63)37(59)30(21-57)71-49)74-48-43(65)40(62)38(60)31(72-48)22-68-47-42(64)39(61)36(58)29(20-56)70-47/h9-11,24,26-44,47-49,56-65H,12-23H2,1-8H3,(H,55,66). The van der Waals surface area contributed by atoms with Crippen molar-refractivity contribution in [1.29, 1.82) is 0 Å². The van der Waals surface area contributed by atoms with E-state index in [4.69, 9.17) is 33.2 Å². The molecule has 11 N–H and O–H groups in total. The highest BCUT2D eigenvalue weighted by Crippen LogP contribution is 2.89. The van der Waals surface area contributed by atoms with Crippen molar-refractivity contribution in [3.63, 3.8) is 0 Å². The van der Waals surface area contributed by atoms with Gasteiger partial charge in [-0.2, -0.15) is 0 Å². The third-order valence-electron chi connectivity index (χ3n) is 21.3. The van der Waals surface area contributed by atoms with Gasteiger partial charge >= 0.3 is 5.97 Å². The maximum Gasteiger partial charge on any atom is 0.329 e. The number of aliphatic hydroxyl groups excluding tert-OH is 10. The molecule has 2 spiro atoms. The van der Waals surface area contributed by atoms with Crippen LogP contribution in [0.15, 0.2) is 23.8 Å². The Bertz CT molecular complexity index is 2110. The summed E-state index contributed by atoms with van der Waals surface area (Å²) in [6.45, 7) is 15.4. The summed E-state index contributed by atoms with van der Waals surface area (Å²) in [5.74, 6) is 0.835. The van der Waals surface area contributed by atoms with Gasteiger partial charge < -0.3 is 89.5 Å². The highest BCUT2D eigenvalue weighted by atomic mass is 16.8. The molecule has 4 heterocycles. The molecule has 4 saturated heterocycles. The van der Waals surface area contributed by atoms with E-state index < -0.39 is 135 Å². The Kier molecular flexibility index (Phi) is 15.9. The van der Waals surface area contributed by atoms with E-state index >= 15 is 0 Å². The maximum atomic E-state index is 13.1. The average Bonchev–Trinajstić information content (AvgIpc) is 3.87. The van der Waals surface area contributed by atoms with E-state index in [0.29, 0.717) is 29.7 Å². The van der Waals surface area contributed by atoms with Crippen LogP contribution >= 0.6 is 0 Å². The van der Waals surface area contributed by atoms with Crippen LogP contribution in [0.3, 0.4) is 0 Å². The number of rotatable bonds is 14. The van der Waals surface area contributed by atoms with Gasteiger partial charge in [0.1, 0.15) is 85.4 Å². The number of amides is 1. The van der Waals surface area contributed by atoms with Crippen molar-refractivity contribution in [3.05, 3.63) is 23.8 Å². The summed E-state index contributed by atoms with van der Waals surface area (Å²) < 4.78 is 41.4. The SMILES string of the molecule is CC(=CC=CC(C)C1CCC2(C)C3CCC4C(C)(C)C(OC5OC(CO)C(O)C(O)C5OC5OC(COC6OC(CO)C(O)C(O)C6O)C(O)C(O)C5O)CCC45CC35CCC12C)C(=O)NC1C(=O)OC(C)C1C. The fraction of sp³-hybridized carbons (Fsp3) is 0.889. The minimum Gasteiger partial charge on any atom is -0.461 e. The molecule has 0 bridgehead atoms. The third-order valence-corrected chi connectivity index (χ3v) is 21.3. The Morgan fingerprint density at radius 2 is 1.30 bits per heavy atom. The molecule has 74 heavy (non-hydrogen) atoms. The van der Waals surface area contributed by atoms with Gasteiger partial charge in [-0.05, 0) is 122 Å². The van der Waals surface area contributed by atoms with E-state index in [1.165, 1.54) is 0 Å². The van der Waals surface area contributed by atoms with E-state index in [1.807, 2.05) is 26.0 Å². The monoisotopic (exact) mass is 1050 g/mol. The molecule has 420 valence electrons. The lowest BCUT2D eigenvalue weighted by Crippen LogP contribution is -2.66. The molecule has 9 fully saturated rings. The van der Waals surface area contributed by atoms with Gasteiger partial charge in [0.15, 0.2) is 18.9 Å². The largest absolute Gasteiger partial charge is 0.461 e. The molecule has 5 aliphatic carbocycles. The van der Waals surface area contributed by atoms with Crippen molar-refractivity contribution in [1.82, 2.24) is 5.32 Å². The molecule has 20 nitrogen and oxygen atoms in total. The number of carbonyl (C=O) groups excluding carboxylic acids is 2. The lowest BCUT2D eigenvalue weighted by Gasteiger charge is -2.63. The van der Waals surface area contributed by atoms with Crippen LogP contribution in [0.25, 0.3) is 0 Å². The summed E-state index contributed by atoms with van der Waals surface area (Å²) >= 11 is 0. The predicted molar refractivity (Wildman–Crippen MR) is 260 cm³/mol. The van der Waals surface area contributed by atoms with Gasteiger partial charge in [-0.3, -0.25) is 4.79 Å². The fourth-order valence-corrected chi connectivity index (χ4v) is 16.5. The molecular formula is C54H85NO19. The van der Waals surface area contributed by atoms with E-state index in [0.717, 1.165) is 51.4 Å². The zero-order valence-corrected chi connectivity index (χ0v) is 44.1. The van der Waals surface area contributed by atoms with E-state index in [1.54, 1.807) is 6.92 Å². The first-order valence-corrected chi connectivity index (χ1v) is 27.2. The van der Waals surface area contributed by atoms with Gasteiger partial charge in [-0.15, -0.1) is 0 Å².